The molecule has 0 fully saturated rings. The summed E-state index contributed by atoms with van der Waals surface area (Å²) in [6, 6.07) is 22.8. The summed E-state index contributed by atoms with van der Waals surface area (Å²) in [4.78, 5) is 28.7. The minimum atomic E-state index is -0.0456. The number of hydrogen-bond acceptors (Lipinski definition) is 3. The quantitative estimate of drug-likeness (QED) is 0.560. The van der Waals surface area contributed by atoms with E-state index in [1.165, 1.54) is 0 Å². The molecule has 0 spiro atoms. The zero-order chi connectivity index (χ0) is 22.4. The number of ether oxygens (including phenoxy) is 1. The van der Waals surface area contributed by atoms with Crippen molar-refractivity contribution in [2.45, 2.75) is 13.5 Å². The molecule has 0 N–H and O–H groups in total. The summed E-state index contributed by atoms with van der Waals surface area (Å²) in [5.74, 6) is 0.643. The molecule has 5 heteroatoms. The molecule has 0 bridgehead atoms. The van der Waals surface area contributed by atoms with Crippen LogP contribution in [0.2, 0.25) is 0 Å². The van der Waals surface area contributed by atoms with Gasteiger partial charge in [0.2, 0.25) is 0 Å². The molecule has 3 rings (SSSR count). The van der Waals surface area contributed by atoms with Crippen LogP contribution in [0.3, 0.4) is 0 Å². The molecular formula is C26H28N2O3. The molecule has 0 aliphatic heterocycles. The number of hydrogen-bond donors (Lipinski definition) is 0. The van der Waals surface area contributed by atoms with Crippen LogP contribution in [0.25, 0.3) is 11.1 Å². The molecule has 3 aromatic rings. The van der Waals surface area contributed by atoms with E-state index in [2.05, 4.69) is 0 Å². The predicted octanol–water partition coefficient (Wildman–Crippen LogP) is 4.73. The Morgan fingerprint density at radius 2 is 1.48 bits per heavy atom. The summed E-state index contributed by atoms with van der Waals surface area (Å²) in [6.45, 7) is 3.01. The van der Waals surface area contributed by atoms with Crippen LogP contribution in [0.15, 0.2) is 72.8 Å². The maximum Gasteiger partial charge on any atom is 0.254 e. The van der Waals surface area contributed by atoms with Gasteiger partial charge in [-0.2, -0.15) is 0 Å². The average Bonchev–Trinajstić information content (AvgIpc) is 2.82. The Hall–Kier alpha value is -3.60. The summed E-state index contributed by atoms with van der Waals surface area (Å²) in [5, 5.41) is 0. The topological polar surface area (TPSA) is 49.9 Å². The maximum atomic E-state index is 13.3. The molecule has 0 radical (unpaired) electrons. The fourth-order valence-corrected chi connectivity index (χ4v) is 3.43. The Kier molecular flexibility index (Phi) is 7.08. The van der Waals surface area contributed by atoms with E-state index in [9.17, 15) is 9.59 Å². The molecular weight excluding hydrogens is 388 g/mol. The zero-order valence-corrected chi connectivity index (χ0v) is 18.5. The lowest BCUT2D eigenvalue weighted by Gasteiger charge is -2.22. The van der Waals surface area contributed by atoms with Gasteiger partial charge in [-0.15, -0.1) is 0 Å². The van der Waals surface area contributed by atoms with Gasteiger partial charge in [0.05, 0.1) is 7.11 Å². The van der Waals surface area contributed by atoms with Crippen LogP contribution in [-0.2, 0) is 6.54 Å². The third-order valence-electron chi connectivity index (χ3n) is 5.18. The second kappa shape index (κ2) is 9.94. The molecule has 0 aliphatic carbocycles. The standard InChI is InChI=1S/C26H28N2O3/c1-5-28(18-19-11-13-21(14-12-19)25(29)27(2)3)26(30)22-15-16-24(31-4)23(17-22)20-9-7-6-8-10-20/h6-17H,5,18H2,1-4H3. The van der Waals surface area contributed by atoms with Crippen molar-refractivity contribution < 1.29 is 14.3 Å². The molecule has 0 aliphatic rings. The van der Waals surface area contributed by atoms with Crippen LogP contribution >= 0.6 is 0 Å². The van der Waals surface area contributed by atoms with Gasteiger partial charge >= 0.3 is 0 Å². The number of carbonyl (C=O) groups excluding carboxylic acids is 2. The molecule has 0 unspecified atom stereocenters. The number of methoxy groups -OCH3 is 1. The van der Waals surface area contributed by atoms with E-state index in [0.717, 1.165) is 22.4 Å². The Morgan fingerprint density at radius 3 is 2.06 bits per heavy atom. The highest BCUT2D eigenvalue weighted by molar-refractivity contribution is 5.96. The molecule has 0 saturated heterocycles. The van der Waals surface area contributed by atoms with E-state index in [1.54, 1.807) is 49.2 Å². The minimum Gasteiger partial charge on any atom is -0.496 e. The summed E-state index contributed by atoms with van der Waals surface area (Å²) in [7, 11) is 5.09. The first kappa shape index (κ1) is 22.1. The SMILES string of the molecule is CCN(Cc1ccc(C(=O)N(C)C)cc1)C(=O)c1ccc(OC)c(-c2ccccc2)c1. The molecule has 0 saturated carbocycles. The van der Waals surface area contributed by atoms with Crippen molar-refractivity contribution in [3.8, 4) is 16.9 Å². The first-order valence-corrected chi connectivity index (χ1v) is 10.3. The lowest BCUT2D eigenvalue weighted by Crippen LogP contribution is -2.30. The van der Waals surface area contributed by atoms with E-state index < -0.39 is 0 Å². The monoisotopic (exact) mass is 416 g/mol. The highest BCUT2D eigenvalue weighted by Crippen LogP contribution is 2.31. The van der Waals surface area contributed by atoms with E-state index in [1.807, 2.05) is 61.5 Å². The van der Waals surface area contributed by atoms with Crippen LogP contribution in [0, 0.1) is 0 Å². The van der Waals surface area contributed by atoms with E-state index in [-0.39, 0.29) is 11.8 Å². The highest BCUT2D eigenvalue weighted by Gasteiger charge is 2.18. The molecule has 3 aromatic carbocycles. The Labute approximate surface area is 183 Å². The third-order valence-corrected chi connectivity index (χ3v) is 5.18. The molecule has 31 heavy (non-hydrogen) atoms. The Morgan fingerprint density at radius 1 is 0.839 bits per heavy atom. The number of nitrogens with zero attached hydrogens (tertiary/aromatic N) is 2. The molecule has 160 valence electrons. The van der Waals surface area contributed by atoms with Gasteiger partial charge in [-0.25, -0.2) is 0 Å². The van der Waals surface area contributed by atoms with Gasteiger partial charge in [0, 0.05) is 43.9 Å². The molecule has 0 aromatic heterocycles. The van der Waals surface area contributed by atoms with Crippen LogP contribution in [0.1, 0.15) is 33.2 Å². The van der Waals surface area contributed by atoms with Gasteiger partial charge in [-0.1, -0.05) is 42.5 Å². The fraction of sp³-hybridized carbons (Fsp3) is 0.231. The van der Waals surface area contributed by atoms with Gasteiger partial charge < -0.3 is 14.5 Å². The second-order valence-electron chi connectivity index (χ2n) is 7.50. The third kappa shape index (κ3) is 5.12. The van der Waals surface area contributed by atoms with E-state index >= 15 is 0 Å². The summed E-state index contributed by atoms with van der Waals surface area (Å²) in [5.41, 5.74) is 4.10. The zero-order valence-electron chi connectivity index (χ0n) is 18.5. The normalized spacial score (nSPS) is 10.5. The van der Waals surface area contributed by atoms with Gasteiger partial charge in [0.25, 0.3) is 11.8 Å². The largest absolute Gasteiger partial charge is 0.496 e. The summed E-state index contributed by atoms with van der Waals surface area (Å²) < 4.78 is 5.51. The van der Waals surface area contributed by atoms with Gasteiger partial charge in [0.1, 0.15) is 5.75 Å². The Balaban J connectivity index is 1.83. The molecule has 2 amide bonds. The van der Waals surface area contributed by atoms with Crippen molar-refractivity contribution in [2.75, 3.05) is 27.7 Å². The van der Waals surface area contributed by atoms with Crippen molar-refractivity contribution in [2.24, 2.45) is 0 Å². The van der Waals surface area contributed by atoms with Crippen LogP contribution in [0.5, 0.6) is 5.75 Å². The first-order chi connectivity index (χ1) is 14.9. The van der Waals surface area contributed by atoms with Gasteiger partial charge in [0.15, 0.2) is 0 Å². The average molecular weight is 417 g/mol. The van der Waals surface area contributed by atoms with Gasteiger partial charge in [-0.3, -0.25) is 9.59 Å². The van der Waals surface area contributed by atoms with Crippen LogP contribution in [0.4, 0.5) is 0 Å². The number of rotatable bonds is 7. The maximum absolute atomic E-state index is 13.3. The Bertz CT molecular complexity index is 1040. The van der Waals surface area contributed by atoms with Crippen molar-refractivity contribution in [3.63, 3.8) is 0 Å². The molecule has 5 nitrogen and oxygen atoms in total. The number of carbonyl (C=O) groups is 2. The summed E-state index contributed by atoms with van der Waals surface area (Å²) >= 11 is 0. The van der Waals surface area contributed by atoms with Crippen molar-refractivity contribution in [1.82, 2.24) is 9.80 Å². The minimum absolute atomic E-state index is 0.0401. The van der Waals surface area contributed by atoms with Gasteiger partial charge in [-0.05, 0) is 48.4 Å². The van der Waals surface area contributed by atoms with Crippen LogP contribution < -0.4 is 4.74 Å². The lowest BCUT2D eigenvalue weighted by atomic mass is 10.0. The van der Waals surface area contributed by atoms with E-state index in [4.69, 9.17) is 4.74 Å². The van der Waals surface area contributed by atoms with Crippen molar-refractivity contribution in [3.05, 3.63) is 89.5 Å². The fourth-order valence-electron chi connectivity index (χ4n) is 3.43. The number of amides is 2. The second-order valence-corrected chi connectivity index (χ2v) is 7.50. The van der Waals surface area contributed by atoms with E-state index in [0.29, 0.717) is 24.2 Å². The van der Waals surface area contributed by atoms with Crippen molar-refractivity contribution in [1.29, 1.82) is 0 Å². The lowest BCUT2D eigenvalue weighted by molar-refractivity contribution is 0.0751. The smallest absolute Gasteiger partial charge is 0.254 e. The van der Waals surface area contributed by atoms with Crippen molar-refractivity contribution >= 4 is 11.8 Å². The first-order valence-electron chi connectivity index (χ1n) is 10.3. The summed E-state index contributed by atoms with van der Waals surface area (Å²) in [6.07, 6.45) is 0. The number of benzene rings is 3. The predicted molar refractivity (Wildman–Crippen MR) is 123 cm³/mol. The highest BCUT2D eigenvalue weighted by atomic mass is 16.5. The van der Waals surface area contributed by atoms with Crippen LogP contribution in [-0.4, -0.2) is 49.4 Å². The molecule has 0 heterocycles. The molecule has 0 atom stereocenters.